The number of hydrogen-bond donors (Lipinski definition) is 1. The van der Waals surface area contributed by atoms with Crippen molar-refractivity contribution in [1.29, 1.82) is 0 Å². The molecule has 0 saturated carbocycles. The first-order chi connectivity index (χ1) is 8.99. The van der Waals surface area contributed by atoms with Crippen molar-refractivity contribution < 1.29 is 14.4 Å². The summed E-state index contributed by atoms with van der Waals surface area (Å²) in [5.74, 6) is -0.611. The Kier molecular flexibility index (Phi) is 5.47. The van der Waals surface area contributed by atoms with E-state index in [1.807, 2.05) is 13.8 Å². The zero-order valence-electron chi connectivity index (χ0n) is 11.6. The highest BCUT2D eigenvalue weighted by atomic mass is 16.2. The smallest absolute Gasteiger partial charge is 0.270 e. The molecule has 0 aromatic heterocycles. The molecule has 1 heterocycles. The minimum Gasteiger partial charge on any atom is -0.342 e. The minimum atomic E-state index is -0.319. The van der Waals surface area contributed by atoms with E-state index >= 15 is 0 Å². The summed E-state index contributed by atoms with van der Waals surface area (Å²) in [6, 6.07) is 0. The zero-order valence-corrected chi connectivity index (χ0v) is 11.6. The van der Waals surface area contributed by atoms with Crippen LogP contribution in [0.15, 0.2) is 5.10 Å². The minimum absolute atomic E-state index is 0.0213. The van der Waals surface area contributed by atoms with Crippen LogP contribution in [0.25, 0.3) is 0 Å². The van der Waals surface area contributed by atoms with Gasteiger partial charge in [0.1, 0.15) is 5.71 Å². The van der Waals surface area contributed by atoms with Crippen LogP contribution >= 0.6 is 0 Å². The van der Waals surface area contributed by atoms with E-state index in [1.54, 1.807) is 11.9 Å². The van der Waals surface area contributed by atoms with Gasteiger partial charge in [-0.1, -0.05) is 0 Å². The monoisotopic (exact) mass is 268 g/mol. The summed E-state index contributed by atoms with van der Waals surface area (Å²) < 4.78 is 0. The zero-order chi connectivity index (χ0) is 14.4. The fourth-order valence-electron chi connectivity index (χ4n) is 1.80. The Labute approximate surface area is 112 Å². The van der Waals surface area contributed by atoms with Crippen molar-refractivity contribution >= 4 is 23.4 Å². The van der Waals surface area contributed by atoms with Crippen molar-refractivity contribution in [2.45, 2.75) is 26.7 Å². The van der Waals surface area contributed by atoms with Gasteiger partial charge in [-0.15, -0.1) is 0 Å². The molecule has 7 nitrogen and oxygen atoms in total. The molecule has 0 unspecified atom stereocenters. The van der Waals surface area contributed by atoms with E-state index < -0.39 is 0 Å². The third kappa shape index (κ3) is 4.04. The topological polar surface area (TPSA) is 82.1 Å². The molecule has 0 fully saturated rings. The van der Waals surface area contributed by atoms with E-state index in [4.69, 9.17) is 0 Å². The molecular weight excluding hydrogens is 248 g/mol. The highest BCUT2D eigenvalue weighted by Crippen LogP contribution is 2.03. The number of carbonyl (C=O) groups is 3. The number of amides is 3. The molecule has 0 aromatic carbocycles. The highest BCUT2D eigenvalue weighted by Gasteiger charge is 2.23. The van der Waals surface area contributed by atoms with Crippen molar-refractivity contribution in [2.75, 3.05) is 26.7 Å². The molecule has 0 saturated heterocycles. The molecule has 3 amide bonds. The molecule has 0 aliphatic carbocycles. The van der Waals surface area contributed by atoms with Crippen molar-refractivity contribution in [1.82, 2.24) is 15.2 Å². The molecule has 0 spiro atoms. The van der Waals surface area contributed by atoms with Crippen LogP contribution < -0.4 is 5.43 Å². The number of hydrazone groups is 1. The van der Waals surface area contributed by atoms with E-state index in [0.717, 1.165) is 0 Å². The molecular formula is C12H20N4O3. The maximum atomic E-state index is 12.0. The lowest BCUT2D eigenvalue weighted by Crippen LogP contribution is -2.44. The van der Waals surface area contributed by atoms with E-state index in [2.05, 4.69) is 10.5 Å². The quantitative estimate of drug-likeness (QED) is 0.735. The molecule has 1 aliphatic heterocycles. The Balaban J connectivity index is 2.58. The van der Waals surface area contributed by atoms with E-state index in [-0.39, 0.29) is 36.4 Å². The van der Waals surface area contributed by atoms with Crippen LogP contribution in [-0.4, -0.2) is 59.9 Å². The van der Waals surface area contributed by atoms with E-state index in [0.29, 0.717) is 19.5 Å². The highest BCUT2D eigenvalue weighted by molar-refractivity contribution is 6.39. The van der Waals surface area contributed by atoms with Gasteiger partial charge in [-0.3, -0.25) is 14.4 Å². The fraction of sp³-hybridized carbons (Fsp3) is 0.667. The summed E-state index contributed by atoms with van der Waals surface area (Å²) in [5, 5.41) is 3.72. The summed E-state index contributed by atoms with van der Waals surface area (Å²) >= 11 is 0. The fourth-order valence-corrected chi connectivity index (χ4v) is 1.80. The van der Waals surface area contributed by atoms with Crippen molar-refractivity contribution in [3.05, 3.63) is 0 Å². The Morgan fingerprint density at radius 3 is 2.37 bits per heavy atom. The Morgan fingerprint density at radius 1 is 1.26 bits per heavy atom. The second-order valence-corrected chi connectivity index (χ2v) is 4.32. The van der Waals surface area contributed by atoms with Crippen LogP contribution in [0.5, 0.6) is 0 Å². The molecule has 1 rings (SSSR count). The first-order valence-electron chi connectivity index (χ1n) is 6.38. The summed E-state index contributed by atoms with van der Waals surface area (Å²) in [6.45, 7) is 5.05. The molecule has 19 heavy (non-hydrogen) atoms. The predicted molar refractivity (Wildman–Crippen MR) is 70.4 cm³/mol. The van der Waals surface area contributed by atoms with Gasteiger partial charge in [0.2, 0.25) is 11.8 Å². The second kappa shape index (κ2) is 6.86. The second-order valence-electron chi connectivity index (χ2n) is 4.32. The van der Waals surface area contributed by atoms with Crippen LogP contribution in [0.3, 0.4) is 0 Å². The largest absolute Gasteiger partial charge is 0.342 e. The van der Waals surface area contributed by atoms with E-state index in [1.165, 1.54) is 4.90 Å². The number of likely N-dealkylation sites (N-methyl/N-ethyl adjacent to an activating group) is 2. The van der Waals surface area contributed by atoms with Gasteiger partial charge in [-0.25, -0.2) is 5.43 Å². The van der Waals surface area contributed by atoms with Crippen molar-refractivity contribution in [2.24, 2.45) is 5.10 Å². The van der Waals surface area contributed by atoms with Gasteiger partial charge in [0.25, 0.3) is 5.91 Å². The van der Waals surface area contributed by atoms with E-state index in [9.17, 15) is 14.4 Å². The summed E-state index contributed by atoms with van der Waals surface area (Å²) in [5.41, 5.74) is 2.56. The number of hydrogen-bond acceptors (Lipinski definition) is 4. The maximum absolute atomic E-state index is 12.0. The third-order valence-corrected chi connectivity index (χ3v) is 2.99. The number of nitrogens with one attached hydrogen (secondary N) is 1. The molecule has 1 aliphatic rings. The van der Waals surface area contributed by atoms with Crippen LogP contribution in [0.4, 0.5) is 0 Å². The van der Waals surface area contributed by atoms with Gasteiger partial charge < -0.3 is 9.80 Å². The molecule has 106 valence electrons. The van der Waals surface area contributed by atoms with Crippen LogP contribution in [0.2, 0.25) is 0 Å². The first kappa shape index (κ1) is 15.1. The van der Waals surface area contributed by atoms with Gasteiger partial charge in [0.05, 0.1) is 6.54 Å². The lowest BCUT2D eigenvalue weighted by atomic mass is 10.1. The molecule has 0 bridgehead atoms. The van der Waals surface area contributed by atoms with Crippen molar-refractivity contribution in [3.63, 3.8) is 0 Å². The first-order valence-corrected chi connectivity index (χ1v) is 6.38. The van der Waals surface area contributed by atoms with Crippen molar-refractivity contribution in [3.8, 4) is 0 Å². The SMILES string of the molecule is CCN(CC)C(=O)CN(C)C(=O)C1=NNC(=O)CC1. The van der Waals surface area contributed by atoms with Gasteiger partial charge in [0.15, 0.2) is 0 Å². The Hall–Kier alpha value is -1.92. The lowest BCUT2D eigenvalue weighted by molar-refractivity contribution is -0.136. The van der Waals surface area contributed by atoms with Gasteiger partial charge in [-0.2, -0.15) is 5.10 Å². The normalized spacial score (nSPS) is 14.5. The number of carbonyl (C=O) groups excluding carboxylic acids is 3. The van der Waals surface area contributed by atoms with Crippen LogP contribution in [0.1, 0.15) is 26.7 Å². The Morgan fingerprint density at radius 2 is 1.89 bits per heavy atom. The molecule has 1 N–H and O–H groups in total. The average molecular weight is 268 g/mol. The molecule has 7 heteroatoms. The summed E-state index contributed by atoms with van der Waals surface area (Å²) in [4.78, 5) is 37.8. The molecule has 0 radical (unpaired) electrons. The number of rotatable bonds is 5. The maximum Gasteiger partial charge on any atom is 0.270 e. The van der Waals surface area contributed by atoms with Crippen LogP contribution in [0, 0.1) is 0 Å². The molecule has 0 aromatic rings. The average Bonchev–Trinajstić information content (AvgIpc) is 2.40. The predicted octanol–water partition coefficient (Wildman–Crippen LogP) is -0.421. The molecule has 0 atom stereocenters. The van der Waals surface area contributed by atoms with Gasteiger partial charge in [-0.05, 0) is 13.8 Å². The van der Waals surface area contributed by atoms with Gasteiger partial charge in [0, 0.05) is 33.0 Å². The Bertz CT molecular complexity index is 402. The summed E-state index contributed by atoms with van der Waals surface area (Å²) in [7, 11) is 1.56. The van der Waals surface area contributed by atoms with Crippen LogP contribution in [-0.2, 0) is 14.4 Å². The third-order valence-electron chi connectivity index (χ3n) is 2.99. The summed E-state index contributed by atoms with van der Waals surface area (Å²) in [6.07, 6.45) is 0.566. The standard InChI is InChI=1S/C12H20N4O3/c1-4-16(5-2)11(18)8-15(3)12(19)9-6-7-10(17)14-13-9/h4-8H2,1-3H3,(H,14,17). The van der Waals surface area contributed by atoms with Gasteiger partial charge >= 0.3 is 0 Å². The number of nitrogens with zero attached hydrogens (tertiary/aromatic N) is 3. The lowest BCUT2D eigenvalue weighted by Gasteiger charge is -2.24.